The third-order valence-corrected chi connectivity index (χ3v) is 3.63. The number of halogens is 2. The van der Waals surface area contributed by atoms with Crippen molar-refractivity contribution in [1.29, 1.82) is 0 Å². The fraction of sp³-hybridized carbons (Fsp3) is 0.333. The molecule has 1 aliphatic heterocycles. The highest BCUT2D eigenvalue weighted by Gasteiger charge is 2.20. The van der Waals surface area contributed by atoms with Crippen LogP contribution in [0, 0.1) is 11.6 Å². The van der Waals surface area contributed by atoms with E-state index in [9.17, 15) is 8.78 Å². The number of nitrogens with zero attached hydrogens (tertiary/aromatic N) is 4. The summed E-state index contributed by atoms with van der Waals surface area (Å²) in [6.07, 6.45) is 3.44. The van der Waals surface area contributed by atoms with Crippen LogP contribution in [-0.2, 0) is 6.54 Å². The number of piperazine rings is 1. The molecule has 0 saturated carbocycles. The number of rotatable bonds is 3. The molecule has 0 atom stereocenters. The van der Waals surface area contributed by atoms with E-state index in [0.29, 0.717) is 18.1 Å². The van der Waals surface area contributed by atoms with Crippen LogP contribution in [-0.4, -0.2) is 41.0 Å². The number of hydrogen-bond acceptors (Lipinski definition) is 4. The zero-order valence-corrected chi connectivity index (χ0v) is 11.5. The highest BCUT2D eigenvalue weighted by atomic mass is 19.2. The van der Waals surface area contributed by atoms with E-state index in [-0.39, 0.29) is 0 Å². The Morgan fingerprint density at radius 1 is 0.952 bits per heavy atom. The van der Waals surface area contributed by atoms with Crippen molar-refractivity contribution in [2.24, 2.45) is 0 Å². The Labute approximate surface area is 122 Å². The molecule has 2 aromatic rings. The van der Waals surface area contributed by atoms with Gasteiger partial charge in [0.1, 0.15) is 0 Å². The molecule has 0 bridgehead atoms. The molecule has 1 saturated heterocycles. The average Bonchev–Trinajstić information content (AvgIpc) is 2.53. The van der Waals surface area contributed by atoms with Crippen LogP contribution >= 0.6 is 0 Å². The minimum atomic E-state index is -0.788. The van der Waals surface area contributed by atoms with Gasteiger partial charge in [-0.2, -0.15) is 0 Å². The highest BCUT2D eigenvalue weighted by molar-refractivity contribution is 5.29. The Hall–Kier alpha value is -2.08. The van der Waals surface area contributed by atoms with Crippen LogP contribution in [0.2, 0.25) is 0 Å². The second kappa shape index (κ2) is 6.13. The van der Waals surface area contributed by atoms with E-state index in [1.807, 2.05) is 0 Å². The fourth-order valence-electron chi connectivity index (χ4n) is 2.47. The Bertz CT molecular complexity index is 598. The molecule has 110 valence electrons. The van der Waals surface area contributed by atoms with Crippen LogP contribution in [0.3, 0.4) is 0 Å². The summed E-state index contributed by atoms with van der Waals surface area (Å²) in [5.41, 5.74) is 0.402. The molecule has 1 aromatic carbocycles. The molecule has 6 heteroatoms. The molecule has 0 N–H and O–H groups in total. The van der Waals surface area contributed by atoms with Gasteiger partial charge in [-0.15, -0.1) is 0 Å². The van der Waals surface area contributed by atoms with Gasteiger partial charge in [0.05, 0.1) is 0 Å². The predicted molar refractivity (Wildman–Crippen MR) is 75.9 cm³/mol. The predicted octanol–water partition coefficient (Wildman–Crippen LogP) is 2.08. The molecule has 0 radical (unpaired) electrons. The molecular formula is C15H16F2N4. The SMILES string of the molecule is Fc1cccc(CN2CCN(c3ncccn3)CC2)c1F. The Balaban J connectivity index is 1.60. The molecule has 1 aliphatic rings. The van der Waals surface area contributed by atoms with Crippen molar-refractivity contribution in [3.05, 3.63) is 53.9 Å². The average molecular weight is 290 g/mol. The normalized spacial score (nSPS) is 16.2. The fourth-order valence-corrected chi connectivity index (χ4v) is 2.47. The topological polar surface area (TPSA) is 32.3 Å². The minimum absolute atomic E-state index is 0.402. The summed E-state index contributed by atoms with van der Waals surface area (Å²) in [6, 6.07) is 6.10. The van der Waals surface area contributed by atoms with Crippen molar-refractivity contribution in [2.75, 3.05) is 31.1 Å². The van der Waals surface area contributed by atoms with Gasteiger partial charge >= 0.3 is 0 Å². The Kier molecular flexibility index (Phi) is 4.06. The summed E-state index contributed by atoms with van der Waals surface area (Å²) in [7, 11) is 0. The Morgan fingerprint density at radius 2 is 1.67 bits per heavy atom. The number of benzene rings is 1. The maximum Gasteiger partial charge on any atom is 0.225 e. The van der Waals surface area contributed by atoms with Crippen LogP contribution in [0.5, 0.6) is 0 Å². The van der Waals surface area contributed by atoms with Crippen molar-refractivity contribution < 1.29 is 8.78 Å². The molecule has 0 aliphatic carbocycles. The molecule has 2 heterocycles. The Morgan fingerprint density at radius 3 is 2.38 bits per heavy atom. The van der Waals surface area contributed by atoms with Crippen LogP contribution in [0.25, 0.3) is 0 Å². The molecular weight excluding hydrogens is 274 g/mol. The standard InChI is InChI=1S/C15H16F2N4/c16-13-4-1-3-12(14(13)17)11-20-7-9-21(10-8-20)15-18-5-2-6-19-15/h1-6H,7-11H2. The van der Waals surface area contributed by atoms with Gasteiger partial charge in [0, 0.05) is 50.7 Å². The monoisotopic (exact) mass is 290 g/mol. The van der Waals surface area contributed by atoms with E-state index in [2.05, 4.69) is 19.8 Å². The first-order valence-corrected chi connectivity index (χ1v) is 6.91. The number of aromatic nitrogens is 2. The molecule has 21 heavy (non-hydrogen) atoms. The maximum absolute atomic E-state index is 13.7. The van der Waals surface area contributed by atoms with E-state index >= 15 is 0 Å². The third kappa shape index (κ3) is 3.16. The molecule has 0 unspecified atom stereocenters. The lowest BCUT2D eigenvalue weighted by molar-refractivity contribution is 0.244. The van der Waals surface area contributed by atoms with Gasteiger partial charge in [0.15, 0.2) is 11.6 Å². The van der Waals surface area contributed by atoms with Crippen molar-refractivity contribution in [3.63, 3.8) is 0 Å². The maximum atomic E-state index is 13.7. The lowest BCUT2D eigenvalue weighted by Gasteiger charge is -2.34. The van der Waals surface area contributed by atoms with Gasteiger partial charge < -0.3 is 4.90 Å². The lowest BCUT2D eigenvalue weighted by atomic mass is 10.2. The van der Waals surface area contributed by atoms with Crippen LogP contribution in [0.15, 0.2) is 36.7 Å². The van der Waals surface area contributed by atoms with Crippen LogP contribution in [0.4, 0.5) is 14.7 Å². The largest absolute Gasteiger partial charge is 0.338 e. The van der Waals surface area contributed by atoms with E-state index in [4.69, 9.17) is 0 Å². The van der Waals surface area contributed by atoms with Crippen molar-refractivity contribution in [2.45, 2.75) is 6.54 Å². The molecule has 0 amide bonds. The summed E-state index contributed by atoms with van der Waals surface area (Å²) in [5, 5.41) is 0. The van der Waals surface area contributed by atoms with Gasteiger partial charge in [-0.25, -0.2) is 18.7 Å². The van der Waals surface area contributed by atoms with E-state index < -0.39 is 11.6 Å². The van der Waals surface area contributed by atoms with Gasteiger partial charge in [-0.3, -0.25) is 4.90 Å². The second-order valence-electron chi connectivity index (χ2n) is 5.02. The van der Waals surface area contributed by atoms with Crippen LogP contribution in [0.1, 0.15) is 5.56 Å². The number of anilines is 1. The third-order valence-electron chi connectivity index (χ3n) is 3.63. The van der Waals surface area contributed by atoms with E-state index in [1.165, 1.54) is 0 Å². The van der Waals surface area contributed by atoms with Crippen LogP contribution < -0.4 is 4.90 Å². The molecule has 0 spiro atoms. The van der Waals surface area contributed by atoms with Gasteiger partial charge in [-0.1, -0.05) is 12.1 Å². The number of hydrogen-bond donors (Lipinski definition) is 0. The first-order chi connectivity index (χ1) is 10.2. The molecule has 3 rings (SSSR count). The summed E-state index contributed by atoms with van der Waals surface area (Å²) in [5.74, 6) is -0.816. The lowest BCUT2D eigenvalue weighted by Crippen LogP contribution is -2.46. The van der Waals surface area contributed by atoms with E-state index in [1.54, 1.807) is 30.6 Å². The van der Waals surface area contributed by atoms with Gasteiger partial charge in [-0.05, 0) is 12.1 Å². The van der Waals surface area contributed by atoms with Crippen molar-refractivity contribution in [3.8, 4) is 0 Å². The summed E-state index contributed by atoms with van der Waals surface area (Å²) in [6.45, 7) is 3.53. The molecule has 1 fully saturated rings. The molecule has 1 aromatic heterocycles. The summed E-state index contributed by atoms with van der Waals surface area (Å²) < 4.78 is 26.9. The first kappa shape index (κ1) is 13.9. The van der Waals surface area contributed by atoms with Gasteiger partial charge in [0.2, 0.25) is 5.95 Å². The smallest absolute Gasteiger partial charge is 0.225 e. The highest BCUT2D eigenvalue weighted by Crippen LogP contribution is 2.16. The second-order valence-corrected chi connectivity index (χ2v) is 5.02. The zero-order valence-electron chi connectivity index (χ0n) is 11.5. The van der Waals surface area contributed by atoms with Gasteiger partial charge in [0.25, 0.3) is 0 Å². The van der Waals surface area contributed by atoms with E-state index in [0.717, 1.165) is 32.2 Å². The first-order valence-electron chi connectivity index (χ1n) is 6.91. The summed E-state index contributed by atoms with van der Waals surface area (Å²) >= 11 is 0. The quantitative estimate of drug-likeness (QED) is 0.866. The van der Waals surface area contributed by atoms with Crippen molar-refractivity contribution in [1.82, 2.24) is 14.9 Å². The molecule has 4 nitrogen and oxygen atoms in total. The summed E-state index contributed by atoms with van der Waals surface area (Å²) in [4.78, 5) is 12.7. The zero-order chi connectivity index (χ0) is 14.7. The minimum Gasteiger partial charge on any atom is -0.338 e. The van der Waals surface area contributed by atoms with Crippen molar-refractivity contribution >= 4 is 5.95 Å².